The number of aromatic hydroxyl groups is 1. The van der Waals surface area contributed by atoms with Gasteiger partial charge in [0, 0.05) is 10.8 Å². The molecule has 0 aliphatic carbocycles. The van der Waals surface area contributed by atoms with Crippen LogP contribution in [0.15, 0.2) is 42.5 Å². The molecule has 2 rings (SSSR count). The van der Waals surface area contributed by atoms with Crippen molar-refractivity contribution in [2.75, 3.05) is 18.2 Å². The Bertz CT molecular complexity index is 734. The Morgan fingerprint density at radius 3 is 2.58 bits per heavy atom. The third kappa shape index (κ3) is 4.91. The van der Waals surface area contributed by atoms with Gasteiger partial charge in [-0.2, -0.15) is 0 Å². The summed E-state index contributed by atoms with van der Waals surface area (Å²) >= 11 is 7.25. The molecule has 0 saturated heterocycles. The predicted molar refractivity (Wildman–Crippen MR) is 95.7 cm³/mol. The van der Waals surface area contributed by atoms with Crippen molar-refractivity contribution in [2.45, 2.75) is 5.75 Å². The summed E-state index contributed by atoms with van der Waals surface area (Å²) in [5.74, 6) is -0.365. The highest BCUT2D eigenvalue weighted by Gasteiger charge is 2.15. The monoisotopic (exact) mass is 365 g/mol. The lowest BCUT2D eigenvalue weighted by Crippen LogP contribution is -2.15. The SMILES string of the molecule is COC(=O)c1cccc(NC(=O)CSCc2ccc(Cl)cc2)c1O. The zero-order valence-corrected chi connectivity index (χ0v) is 14.5. The molecule has 24 heavy (non-hydrogen) atoms. The first-order valence-electron chi connectivity index (χ1n) is 7.03. The van der Waals surface area contributed by atoms with E-state index in [9.17, 15) is 14.7 Å². The van der Waals surface area contributed by atoms with E-state index < -0.39 is 5.97 Å². The van der Waals surface area contributed by atoms with E-state index in [2.05, 4.69) is 10.1 Å². The fraction of sp³-hybridized carbons (Fsp3) is 0.176. The van der Waals surface area contributed by atoms with Crippen molar-refractivity contribution in [3.63, 3.8) is 0 Å². The second kappa shape index (κ2) is 8.61. The maximum absolute atomic E-state index is 12.0. The first-order valence-corrected chi connectivity index (χ1v) is 8.57. The van der Waals surface area contributed by atoms with Crippen molar-refractivity contribution in [1.29, 1.82) is 0 Å². The van der Waals surface area contributed by atoms with Crippen LogP contribution in [0.1, 0.15) is 15.9 Å². The number of carbonyl (C=O) groups is 2. The number of hydrogen-bond donors (Lipinski definition) is 2. The minimum atomic E-state index is -0.666. The number of hydrogen-bond acceptors (Lipinski definition) is 5. The quantitative estimate of drug-likeness (QED) is 0.603. The molecule has 7 heteroatoms. The van der Waals surface area contributed by atoms with Crippen LogP contribution in [-0.4, -0.2) is 29.8 Å². The lowest BCUT2D eigenvalue weighted by atomic mass is 10.1. The van der Waals surface area contributed by atoms with Gasteiger partial charge in [0.15, 0.2) is 5.75 Å². The van der Waals surface area contributed by atoms with Crippen molar-refractivity contribution < 1.29 is 19.4 Å². The highest BCUT2D eigenvalue weighted by molar-refractivity contribution is 7.99. The Kier molecular flexibility index (Phi) is 6.52. The molecule has 0 fully saturated rings. The summed E-state index contributed by atoms with van der Waals surface area (Å²) in [6.07, 6.45) is 0. The second-order valence-corrected chi connectivity index (χ2v) is 6.28. The van der Waals surface area contributed by atoms with Crippen molar-refractivity contribution >= 4 is 40.9 Å². The number of methoxy groups -OCH3 is 1. The minimum absolute atomic E-state index is 0.00381. The maximum Gasteiger partial charge on any atom is 0.341 e. The zero-order chi connectivity index (χ0) is 17.5. The van der Waals surface area contributed by atoms with Gasteiger partial charge in [0.05, 0.1) is 18.6 Å². The number of rotatable bonds is 6. The van der Waals surface area contributed by atoms with Crippen molar-refractivity contribution in [2.24, 2.45) is 0 Å². The Morgan fingerprint density at radius 2 is 1.92 bits per heavy atom. The average molecular weight is 366 g/mol. The average Bonchev–Trinajstić information content (AvgIpc) is 2.58. The molecule has 2 aromatic carbocycles. The number of phenolic OH excluding ortho intramolecular Hbond substituents is 1. The lowest BCUT2D eigenvalue weighted by Gasteiger charge is -2.10. The van der Waals surface area contributed by atoms with Gasteiger partial charge in [-0.3, -0.25) is 4.79 Å². The van der Waals surface area contributed by atoms with Gasteiger partial charge in [-0.25, -0.2) is 4.79 Å². The number of thioether (sulfide) groups is 1. The van der Waals surface area contributed by atoms with Crippen LogP contribution in [0.5, 0.6) is 5.75 Å². The summed E-state index contributed by atoms with van der Waals surface area (Å²) in [6, 6.07) is 11.9. The molecule has 0 aliphatic rings. The van der Waals surface area contributed by atoms with Crippen LogP contribution in [0.3, 0.4) is 0 Å². The molecule has 0 bridgehead atoms. The fourth-order valence-corrected chi connectivity index (χ4v) is 2.86. The van der Waals surface area contributed by atoms with E-state index >= 15 is 0 Å². The van der Waals surface area contributed by atoms with Crippen LogP contribution < -0.4 is 5.32 Å². The Labute approximate surface area is 149 Å². The molecular weight excluding hydrogens is 350 g/mol. The van der Waals surface area contributed by atoms with Crippen LogP contribution in [-0.2, 0) is 15.3 Å². The first-order chi connectivity index (χ1) is 11.5. The molecule has 0 unspecified atom stereocenters. The van der Waals surface area contributed by atoms with E-state index in [1.165, 1.54) is 31.0 Å². The number of phenols is 1. The van der Waals surface area contributed by atoms with Crippen LogP contribution in [0.25, 0.3) is 0 Å². The summed E-state index contributed by atoms with van der Waals surface area (Å²) in [5.41, 5.74) is 1.24. The molecule has 5 nitrogen and oxygen atoms in total. The number of esters is 1. The predicted octanol–water partition coefficient (Wildman–Crippen LogP) is 3.70. The third-order valence-electron chi connectivity index (χ3n) is 3.13. The normalized spacial score (nSPS) is 10.2. The molecule has 0 radical (unpaired) electrons. The van der Waals surface area contributed by atoms with E-state index in [4.69, 9.17) is 11.6 Å². The topological polar surface area (TPSA) is 75.6 Å². The van der Waals surface area contributed by atoms with Gasteiger partial charge in [-0.15, -0.1) is 11.8 Å². The van der Waals surface area contributed by atoms with Gasteiger partial charge in [0.1, 0.15) is 5.56 Å². The molecule has 0 aromatic heterocycles. The van der Waals surface area contributed by atoms with E-state index in [1.807, 2.05) is 12.1 Å². The van der Waals surface area contributed by atoms with Crippen LogP contribution in [0.4, 0.5) is 5.69 Å². The number of ether oxygens (including phenoxy) is 1. The Balaban J connectivity index is 1.90. The van der Waals surface area contributed by atoms with E-state index in [1.54, 1.807) is 18.2 Å². The summed E-state index contributed by atoms with van der Waals surface area (Å²) < 4.78 is 4.57. The third-order valence-corrected chi connectivity index (χ3v) is 4.39. The summed E-state index contributed by atoms with van der Waals surface area (Å²) in [7, 11) is 1.22. The minimum Gasteiger partial charge on any atom is -0.505 e. The molecule has 0 aliphatic heterocycles. The maximum atomic E-state index is 12.0. The number of benzene rings is 2. The number of halogens is 1. The molecule has 0 atom stereocenters. The van der Waals surface area contributed by atoms with E-state index in [-0.39, 0.29) is 28.7 Å². The summed E-state index contributed by atoms with van der Waals surface area (Å²) in [4.78, 5) is 23.5. The summed E-state index contributed by atoms with van der Waals surface area (Å²) in [6.45, 7) is 0. The Morgan fingerprint density at radius 1 is 1.21 bits per heavy atom. The molecule has 0 heterocycles. The summed E-state index contributed by atoms with van der Waals surface area (Å²) in [5, 5.41) is 13.3. The molecular formula is C17H16ClNO4S. The number of amides is 1. The molecule has 0 saturated carbocycles. The van der Waals surface area contributed by atoms with Gasteiger partial charge in [0.25, 0.3) is 0 Å². The van der Waals surface area contributed by atoms with Crippen LogP contribution in [0, 0.1) is 0 Å². The van der Waals surface area contributed by atoms with Gasteiger partial charge in [-0.1, -0.05) is 29.8 Å². The molecule has 126 valence electrons. The zero-order valence-electron chi connectivity index (χ0n) is 12.9. The van der Waals surface area contributed by atoms with Gasteiger partial charge < -0.3 is 15.2 Å². The van der Waals surface area contributed by atoms with Gasteiger partial charge >= 0.3 is 5.97 Å². The molecule has 0 spiro atoms. The largest absolute Gasteiger partial charge is 0.505 e. The first kappa shape index (κ1) is 18.2. The number of carbonyl (C=O) groups excluding carboxylic acids is 2. The van der Waals surface area contributed by atoms with Gasteiger partial charge in [-0.05, 0) is 29.8 Å². The molecule has 2 N–H and O–H groups in total. The second-order valence-electron chi connectivity index (χ2n) is 4.86. The number of nitrogens with one attached hydrogen (secondary N) is 1. The molecule has 2 aromatic rings. The van der Waals surface area contributed by atoms with Crippen LogP contribution >= 0.6 is 23.4 Å². The Hall–Kier alpha value is -2.18. The smallest absolute Gasteiger partial charge is 0.341 e. The number of para-hydroxylation sites is 1. The van der Waals surface area contributed by atoms with Crippen molar-refractivity contribution in [3.8, 4) is 5.75 Å². The van der Waals surface area contributed by atoms with E-state index in [0.29, 0.717) is 10.8 Å². The number of anilines is 1. The van der Waals surface area contributed by atoms with Crippen LogP contribution in [0.2, 0.25) is 5.02 Å². The fourth-order valence-electron chi connectivity index (χ4n) is 1.95. The highest BCUT2D eigenvalue weighted by Crippen LogP contribution is 2.28. The van der Waals surface area contributed by atoms with Crippen molar-refractivity contribution in [1.82, 2.24) is 0 Å². The highest BCUT2D eigenvalue weighted by atomic mass is 35.5. The van der Waals surface area contributed by atoms with E-state index in [0.717, 1.165) is 5.56 Å². The van der Waals surface area contributed by atoms with Gasteiger partial charge in [0.2, 0.25) is 5.91 Å². The van der Waals surface area contributed by atoms with Crippen molar-refractivity contribution in [3.05, 3.63) is 58.6 Å². The molecule has 1 amide bonds. The standard InChI is InChI=1S/C17H16ClNO4S/c1-23-17(22)13-3-2-4-14(16(13)21)19-15(20)10-24-9-11-5-7-12(18)8-6-11/h2-8,21H,9-10H2,1H3,(H,19,20). The lowest BCUT2D eigenvalue weighted by molar-refractivity contribution is -0.113.